The van der Waals surface area contributed by atoms with Crippen LogP contribution in [0, 0.1) is 17.2 Å². The normalized spacial score (nSPS) is 15.8. The smallest absolute Gasteiger partial charge is 0.123 e. The molecular weight excluding hydrogens is 225 g/mol. The Morgan fingerprint density at radius 3 is 1.89 bits per heavy atom. The molecule has 1 N–H and O–H groups in total. The standard InChI is InChI=1S/C16H26FN/c1-11(2)12(3)18-15(16(4,5)6)13-7-9-14(17)10-8-13/h7-12,15,18H,1-6H3. The molecule has 2 atom stereocenters. The van der Waals surface area contributed by atoms with E-state index in [1.807, 2.05) is 12.1 Å². The van der Waals surface area contributed by atoms with Crippen LogP contribution in [0.1, 0.15) is 53.1 Å². The van der Waals surface area contributed by atoms with Crippen LogP contribution in [0.4, 0.5) is 4.39 Å². The van der Waals surface area contributed by atoms with E-state index in [0.717, 1.165) is 5.56 Å². The zero-order valence-corrected chi connectivity index (χ0v) is 12.4. The molecule has 0 saturated carbocycles. The van der Waals surface area contributed by atoms with E-state index in [1.165, 1.54) is 12.1 Å². The van der Waals surface area contributed by atoms with E-state index >= 15 is 0 Å². The molecule has 0 aromatic heterocycles. The van der Waals surface area contributed by atoms with Crippen LogP contribution in [0.25, 0.3) is 0 Å². The summed E-state index contributed by atoms with van der Waals surface area (Å²) in [5.41, 5.74) is 1.25. The van der Waals surface area contributed by atoms with Crippen molar-refractivity contribution in [2.45, 2.75) is 53.6 Å². The number of hydrogen-bond donors (Lipinski definition) is 1. The largest absolute Gasteiger partial charge is 0.307 e. The first kappa shape index (κ1) is 15.2. The van der Waals surface area contributed by atoms with Gasteiger partial charge in [0.2, 0.25) is 0 Å². The van der Waals surface area contributed by atoms with E-state index in [-0.39, 0.29) is 17.3 Å². The fraction of sp³-hybridized carbons (Fsp3) is 0.625. The monoisotopic (exact) mass is 251 g/mol. The second kappa shape index (κ2) is 5.83. The van der Waals surface area contributed by atoms with Gasteiger partial charge in [-0.3, -0.25) is 0 Å². The van der Waals surface area contributed by atoms with Crippen LogP contribution in [-0.4, -0.2) is 6.04 Å². The number of benzene rings is 1. The molecule has 0 amide bonds. The van der Waals surface area contributed by atoms with Crippen molar-refractivity contribution in [3.05, 3.63) is 35.6 Å². The maximum absolute atomic E-state index is 13.0. The number of halogens is 1. The Bertz CT molecular complexity index is 362. The van der Waals surface area contributed by atoms with Crippen LogP contribution < -0.4 is 5.32 Å². The molecule has 0 radical (unpaired) electrons. The highest BCUT2D eigenvalue weighted by atomic mass is 19.1. The average Bonchev–Trinajstić information content (AvgIpc) is 2.25. The topological polar surface area (TPSA) is 12.0 Å². The summed E-state index contributed by atoms with van der Waals surface area (Å²) in [6, 6.07) is 7.50. The Morgan fingerprint density at radius 2 is 1.50 bits per heavy atom. The Balaban J connectivity index is 2.96. The molecule has 2 unspecified atom stereocenters. The maximum Gasteiger partial charge on any atom is 0.123 e. The fourth-order valence-electron chi connectivity index (χ4n) is 1.96. The molecule has 102 valence electrons. The minimum Gasteiger partial charge on any atom is -0.307 e. The van der Waals surface area contributed by atoms with Gasteiger partial charge in [-0.2, -0.15) is 0 Å². The molecule has 0 bridgehead atoms. The van der Waals surface area contributed by atoms with Crippen molar-refractivity contribution in [2.24, 2.45) is 11.3 Å². The summed E-state index contributed by atoms with van der Waals surface area (Å²) in [5.74, 6) is 0.401. The summed E-state index contributed by atoms with van der Waals surface area (Å²) in [4.78, 5) is 0. The maximum atomic E-state index is 13.0. The number of rotatable bonds is 4. The predicted molar refractivity (Wildman–Crippen MR) is 76.0 cm³/mol. The van der Waals surface area contributed by atoms with Crippen LogP contribution in [0.3, 0.4) is 0 Å². The SMILES string of the molecule is CC(C)C(C)NC(c1ccc(F)cc1)C(C)(C)C. The van der Waals surface area contributed by atoms with Crippen molar-refractivity contribution < 1.29 is 4.39 Å². The summed E-state index contributed by atoms with van der Waals surface area (Å²) in [6.07, 6.45) is 0. The summed E-state index contributed by atoms with van der Waals surface area (Å²) < 4.78 is 13.0. The van der Waals surface area contributed by atoms with Crippen LogP contribution in [0.5, 0.6) is 0 Å². The van der Waals surface area contributed by atoms with Gasteiger partial charge in [-0.15, -0.1) is 0 Å². The van der Waals surface area contributed by atoms with Crippen LogP contribution in [0.2, 0.25) is 0 Å². The highest BCUT2D eigenvalue weighted by Crippen LogP contribution is 2.33. The zero-order valence-electron chi connectivity index (χ0n) is 12.4. The third kappa shape index (κ3) is 4.09. The molecule has 0 aliphatic heterocycles. The molecule has 0 aliphatic carbocycles. The molecule has 18 heavy (non-hydrogen) atoms. The van der Waals surface area contributed by atoms with Crippen molar-refractivity contribution in [3.63, 3.8) is 0 Å². The van der Waals surface area contributed by atoms with Crippen LogP contribution in [-0.2, 0) is 0 Å². The summed E-state index contributed by atoms with van der Waals surface area (Å²) in [6.45, 7) is 13.3. The van der Waals surface area contributed by atoms with Gasteiger partial charge in [0.1, 0.15) is 5.82 Å². The Labute approximate surface area is 111 Å². The van der Waals surface area contributed by atoms with Gasteiger partial charge in [0.25, 0.3) is 0 Å². The van der Waals surface area contributed by atoms with Gasteiger partial charge in [0.15, 0.2) is 0 Å². The predicted octanol–water partition coefficient (Wildman–Crippen LogP) is 4.55. The molecular formula is C16H26FN. The molecule has 1 nitrogen and oxygen atoms in total. The minimum absolute atomic E-state index is 0.0982. The summed E-state index contributed by atoms with van der Waals surface area (Å²) >= 11 is 0. The van der Waals surface area contributed by atoms with Crippen molar-refractivity contribution in [2.75, 3.05) is 0 Å². The van der Waals surface area contributed by atoms with Crippen molar-refractivity contribution in [1.82, 2.24) is 5.32 Å². The summed E-state index contributed by atoms with van der Waals surface area (Å²) in [7, 11) is 0. The second-order valence-electron chi connectivity index (χ2n) is 6.55. The van der Waals surface area contributed by atoms with Gasteiger partial charge >= 0.3 is 0 Å². The van der Waals surface area contributed by atoms with E-state index in [0.29, 0.717) is 12.0 Å². The average molecular weight is 251 g/mol. The van der Waals surface area contributed by atoms with Gasteiger partial charge in [-0.1, -0.05) is 46.8 Å². The Kier molecular flexibility index (Phi) is 4.92. The number of hydrogen-bond acceptors (Lipinski definition) is 1. The Morgan fingerprint density at radius 1 is 1.00 bits per heavy atom. The zero-order chi connectivity index (χ0) is 13.9. The molecule has 0 heterocycles. The third-order valence-electron chi connectivity index (χ3n) is 3.50. The van der Waals surface area contributed by atoms with E-state index < -0.39 is 0 Å². The van der Waals surface area contributed by atoms with Gasteiger partial charge < -0.3 is 5.32 Å². The van der Waals surface area contributed by atoms with Gasteiger partial charge in [0.05, 0.1) is 0 Å². The fourth-order valence-corrected chi connectivity index (χ4v) is 1.96. The molecule has 2 heteroatoms. The van der Waals surface area contributed by atoms with E-state index in [9.17, 15) is 4.39 Å². The third-order valence-corrected chi connectivity index (χ3v) is 3.50. The lowest BCUT2D eigenvalue weighted by Gasteiger charge is -2.35. The van der Waals surface area contributed by atoms with Gasteiger partial charge in [0, 0.05) is 12.1 Å². The van der Waals surface area contributed by atoms with Crippen molar-refractivity contribution in [3.8, 4) is 0 Å². The molecule has 1 aromatic carbocycles. The Hall–Kier alpha value is -0.890. The first-order chi connectivity index (χ1) is 8.21. The highest BCUT2D eigenvalue weighted by molar-refractivity contribution is 5.21. The highest BCUT2D eigenvalue weighted by Gasteiger charge is 2.27. The van der Waals surface area contributed by atoms with E-state index in [2.05, 4.69) is 46.9 Å². The molecule has 0 fully saturated rings. The lowest BCUT2D eigenvalue weighted by Crippen LogP contribution is -2.40. The minimum atomic E-state index is -0.177. The van der Waals surface area contributed by atoms with Crippen LogP contribution >= 0.6 is 0 Å². The van der Waals surface area contributed by atoms with Gasteiger partial charge in [-0.25, -0.2) is 4.39 Å². The lowest BCUT2D eigenvalue weighted by atomic mass is 9.81. The van der Waals surface area contributed by atoms with Crippen molar-refractivity contribution >= 4 is 0 Å². The number of nitrogens with one attached hydrogen (secondary N) is 1. The van der Waals surface area contributed by atoms with E-state index in [4.69, 9.17) is 0 Å². The second-order valence-corrected chi connectivity index (χ2v) is 6.55. The van der Waals surface area contributed by atoms with Gasteiger partial charge in [-0.05, 0) is 36.0 Å². The lowest BCUT2D eigenvalue weighted by molar-refractivity contribution is 0.234. The molecule has 0 aliphatic rings. The van der Waals surface area contributed by atoms with E-state index in [1.54, 1.807) is 0 Å². The first-order valence-corrected chi connectivity index (χ1v) is 6.73. The quantitative estimate of drug-likeness (QED) is 0.828. The van der Waals surface area contributed by atoms with Crippen LogP contribution in [0.15, 0.2) is 24.3 Å². The molecule has 1 rings (SSSR count). The molecule has 1 aromatic rings. The summed E-state index contributed by atoms with van der Waals surface area (Å²) in [5, 5.41) is 3.67. The first-order valence-electron chi connectivity index (χ1n) is 6.73. The van der Waals surface area contributed by atoms with Crippen molar-refractivity contribution in [1.29, 1.82) is 0 Å². The molecule has 0 saturated heterocycles. The molecule has 0 spiro atoms.